The molecule has 2 unspecified atom stereocenters. The molecule has 4 heteroatoms. The Balaban J connectivity index is 1.91. The summed E-state index contributed by atoms with van der Waals surface area (Å²) in [4.78, 5) is 2.41. The van der Waals surface area contributed by atoms with Crippen LogP contribution in [-0.2, 0) is 6.54 Å². The van der Waals surface area contributed by atoms with Crippen LogP contribution < -0.4 is 5.32 Å². The Morgan fingerprint density at radius 1 is 1.65 bits per heavy atom. The molecule has 1 saturated heterocycles. The normalized spacial score (nSPS) is 22.2. The van der Waals surface area contributed by atoms with Crippen LogP contribution in [0.1, 0.15) is 38.4 Å². The first-order chi connectivity index (χ1) is 8.20. The Kier molecular flexibility index (Phi) is 4.18. The average molecular weight is 236 g/mol. The molecule has 1 fully saturated rings. The van der Waals surface area contributed by atoms with Crippen molar-refractivity contribution in [3.8, 4) is 0 Å². The van der Waals surface area contributed by atoms with Gasteiger partial charge in [0.1, 0.15) is 0 Å². The number of nitrogens with one attached hydrogen (secondary N) is 1. The summed E-state index contributed by atoms with van der Waals surface area (Å²) in [6, 6.07) is 3.32. The molecule has 1 aromatic heterocycles. The van der Waals surface area contributed by atoms with Crippen LogP contribution in [-0.4, -0.2) is 40.9 Å². The molecule has 4 nitrogen and oxygen atoms in total. The molecular formula is C13H24N4. The Morgan fingerprint density at radius 2 is 2.47 bits per heavy atom. The van der Waals surface area contributed by atoms with Crippen molar-refractivity contribution in [2.45, 2.75) is 45.3 Å². The number of hydrogen-bond donors (Lipinski definition) is 1. The summed E-state index contributed by atoms with van der Waals surface area (Å²) in [7, 11) is 2.19. The van der Waals surface area contributed by atoms with Gasteiger partial charge in [-0.3, -0.25) is 9.58 Å². The second kappa shape index (κ2) is 5.65. The number of nitrogens with zero attached hydrogens (tertiary/aromatic N) is 3. The molecule has 0 aliphatic carbocycles. The molecule has 1 aliphatic heterocycles. The molecule has 1 aromatic rings. The zero-order chi connectivity index (χ0) is 12.3. The van der Waals surface area contributed by atoms with E-state index in [9.17, 15) is 0 Å². The molecule has 0 amide bonds. The molecule has 0 spiro atoms. The van der Waals surface area contributed by atoms with Crippen molar-refractivity contribution < 1.29 is 0 Å². The largest absolute Gasteiger partial charge is 0.315 e. The van der Waals surface area contributed by atoms with Gasteiger partial charge in [-0.25, -0.2) is 0 Å². The van der Waals surface area contributed by atoms with Gasteiger partial charge in [0.2, 0.25) is 0 Å². The van der Waals surface area contributed by atoms with E-state index in [0.29, 0.717) is 12.1 Å². The van der Waals surface area contributed by atoms with Gasteiger partial charge in [0.25, 0.3) is 0 Å². The minimum absolute atomic E-state index is 0.502. The maximum Gasteiger partial charge on any atom is 0.0764 e. The van der Waals surface area contributed by atoms with Crippen molar-refractivity contribution in [3.05, 3.63) is 18.0 Å². The Bertz CT molecular complexity index is 341. The van der Waals surface area contributed by atoms with Crippen molar-refractivity contribution in [1.82, 2.24) is 20.0 Å². The third kappa shape index (κ3) is 3.07. The molecule has 1 N–H and O–H groups in total. The van der Waals surface area contributed by atoms with Crippen molar-refractivity contribution in [2.75, 3.05) is 20.1 Å². The highest BCUT2D eigenvalue weighted by atomic mass is 15.3. The van der Waals surface area contributed by atoms with Gasteiger partial charge >= 0.3 is 0 Å². The maximum atomic E-state index is 4.65. The van der Waals surface area contributed by atoms with Crippen molar-refractivity contribution in [2.24, 2.45) is 0 Å². The fraction of sp³-hybridized carbons (Fsp3) is 0.769. The molecule has 2 rings (SSSR count). The zero-order valence-corrected chi connectivity index (χ0v) is 11.2. The van der Waals surface area contributed by atoms with Crippen LogP contribution >= 0.6 is 0 Å². The first-order valence-corrected chi connectivity index (χ1v) is 6.65. The van der Waals surface area contributed by atoms with Crippen LogP contribution in [0.2, 0.25) is 0 Å². The fourth-order valence-electron chi connectivity index (χ4n) is 2.29. The van der Waals surface area contributed by atoms with Crippen LogP contribution in [0, 0.1) is 0 Å². The highest BCUT2D eigenvalue weighted by Gasteiger charge is 2.19. The number of likely N-dealkylation sites (N-methyl/N-ethyl adjacent to an activating group) is 1. The van der Waals surface area contributed by atoms with Gasteiger partial charge in [0, 0.05) is 31.4 Å². The van der Waals surface area contributed by atoms with Crippen molar-refractivity contribution in [1.29, 1.82) is 0 Å². The third-order valence-corrected chi connectivity index (χ3v) is 3.78. The fourth-order valence-corrected chi connectivity index (χ4v) is 2.29. The molecule has 0 bridgehead atoms. The number of aromatic nitrogens is 2. The van der Waals surface area contributed by atoms with E-state index < -0.39 is 0 Å². The van der Waals surface area contributed by atoms with E-state index in [1.165, 1.54) is 12.1 Å². The van der Waals surface area contributed by atoms with E-state index in [2.05, 4.69) is 53.2 Å². The second-order valence-electron chi connectivity index (χ2n) is 5.11. The lowest BCUT2D eigenvalue weighted by Crippen LogP contribution is -2.33. The van der Waals surface area contributed by atoms with E-state index in [-0.39, 0.29) is 0 Å². The predicted molar refractivity (Wildman–Crippen MR) is 70.0 cm³/mol. The highest BCUT2D eigenvalue weighted by Crippen LogP contribution is 2.13. The second-order valence-corrected chi connectivity index (χ2v) is 5.11. The lowest BCUT2D eigenvalue weighted by molar-refractivity contribution is 0.245. The predicted octanol–water partition coefficient (Wildman–Crippen LogP) is 1.65. The molecule has 1 aliphatic rings. The summed E-state index contributed by atoms with van der Waals surface area (Å²) in [6.07, 6.45) is 4.48. The van der Waals surface area contributed by atoms with E-state index >= 15 is 0 Å². The van der Waals surface area contributed by atoms with Gasteiger partial charge in [0.15, 0.2) is 0 Å². The van der Waals surface area contributed by atoms with Crippen molar-refractivity contribution in [3.63, 3.8) is 0 Å². The topological polar surface area (TPSA) is 33.1 Å². The van der Waals surface area contributed by atoms with E-state index in [1.807, 2.05) is 0 Å². The lowest BCUT2D eigenvalue weighted by Gasteiger charge is -2.22. The Hall–Kier alpha value is -0.870. The first kappa shape index (κ1) is 12.6. The summed E-state index contributed by atoms with van der Waals surface area (Å²) in [5.41, 5.74) is 1.18. The summed E-state index contributed by atoms with van der Waals surface area (Å²) < 4.78 is 2.08. The average Bonchev–Trinajstić information content (AvgIpc) is 2.98. The quantitative estimate of drug-likeness (QED) is 0.844. The number of rotatable bonds is 5. The van der Waals surface area contributed by atoms with Crippen LogP contribution in [0.4, 0.5) is 0 Å². The molecular weight excluding hydrogens is 212 g/mol. The molecule has 17 heavy (non-hydrogen) atoms. The van der Waals surface area contributed by atoms with Gasteiger partial charge in [0.05, 0.1) is 5.69 Å². The summed E-state index contributed by atoms with van der Waals surface area (Å²) in [5, 5.41) is 8.05. The van der Waals surface area contributed by atoms with E-state index in [1.54, 1.807) is 0 Å². The molecule has 0 radical (unpaired) electrons. The SMILES string of the molecule is CCC(C)n1ccc(CN(C)C2CCNC2)n1. The van der Waals surface area contributed by atoms with Gasteiger partial charge < -0.3 is 5.32 Å². The molecule has 2 heterocycles. The molecule has 96 valence electrons. The number of hydrogen-bond acceptors (Lipinski definition) is 3. The van der Waals surface area contributed by atoms with E-state index in [0.717, 1.165) is 26.1 Å². The van der Waals surface area contributed by atoms with Gasteiger partial charge in [-0.2, -0.15) is 5.10 Å². The van der Waals surface area contributed by atoms with Crippen LogP contribution in [0.25, 0.3) is 0 Å². The summed E-state index contributed by atoms with van der Waals surface area (Å²) in [5.74, 6) is 0. The summed E-state index contributed by atoms with van der Waals surface area (Å²) in [6.45, 7) is 7.62. The van der Waals surface area contributed by atoms with Crippen LogP contribution in [0.3, 0.4) is 0 Å². The Morgan fingerprint density at radius 3 is 3.12 bits per heavy atom. The van der Waals surface area contributed by atoms with Crippen LogP contribution in [0.5, 0.6) is 0 Å². The molecule has 0 aromatic carbocycles. The molecule has 0 saturated carbocycles. The first-order valence-electron chi connectivity index (χ1n) is 6.65. The van der Waals surface area contributed by atoms with Crippen molar-refractivity contribution >= 4 is 0 Å². The van der Waals surface area contributed by atoms with Gasteiger partial charge in [-0.15, -0.1) is 0 Å². The van der Waals surface area contributed by atoms with Crippen LogP contribution in [0.15, 0.2) is 12.3 Å². The molecule has 2 atom stereocenters. The minimum Gasteiger partial charge on any atom is -0.315 e. The zero-order valence-electron chi connectivity index (χ0n) is 11.2. The third-order valence-electron chi connectivity index (χ3n) is 3.78. The van der Waals surface area contributed by atoms with E-state index in [4.69, 9.17) is 0 Å². The lowest BCUT2D eigenvalue weighted by atomic mass is 10.2. The summed E-state index contributed by atoms with van der Waals surface area (Å²) >= 11 is 0. The maximum absolute atomic E-state index is 4.65. The smallest absolute Gasteiger partial charge is 0.0764 e. The highest BCUT2D eigenvalue weighted by molar-refractivity contribution is 5.00. The monoisotopic (exact) mass is 236 g/mol. The van der Waals surface area contributed by atoms with Gasteiger partial charge in [-0.05, 0) is 39.4 Å². The Labute approximate surface area is 104 Å². The van der Waals surface area contributed by atoms with Gasteiger partial charge in [-0.1, -0.05) is 6.92 Å². The standard InChI is InChI=1S/C13H24N4/c1-4-11(2)17-8-6-12(15-17)10-16(3)13-5-7-14-9-13/h6,8,11,13-14H,4-5,7,9-10H2,1-3H3. The minimum atomic E-state index is 0.502.